The molecule has 0 atom stereocenters. The summed E-state index contributed by atoms with van der Waals surface area (Å²) in [6.07, 6.45) is 0. The van der Waals surface area contributed by atoms with Crippen LogP contribution in [0.2, 0.25) is 0 Å². The maximum absolute atomic E-state index is 12.1. The van der Waals surface area contributed by atoms with E-state index in [2.05, 4.69) is 0 Å². The molecular weight excluding hydrogens is 300 g/mol. The van der Waals surface area contributed by atoms with Gasteiger partial charge in [0.1, 0.15) is 17.2 Å². The molecular formula is C17H18O6. The molecule has 0 bridgehead atoms. The van der Waals surface area contributed by atoms with Crippen LogP contribution in [0, 0.1) is 0 Å². The highest BCUT2D eigenvalue weighted by Crippen LogP contribution is 2.28. The van der Waals surface area contributed by atoms with Crippen LogP contribution in [0.25, 0.3) is 0 Å². The van der Waals surface area contributed by atoms with Crippen molar-refractivity contribution in [3.63, 3.8) is 0 Å². The summed E-state index contributed by atoms with van der Waals surface area (Å²) >= 11 is 0. The van der Waals surface area contributed by atoms with Crippen molar-refractivity contribution >= 4 is 5.97 Å². The van der Waals surface area contributed by atoms with E-state index in [1.807, 2.05) is 6.07 Å². The number of hydrogen-bond acceptors (Lipinski definition) is 6. The Kier molecular flexibility index (Phi) is 6.40. The predicted molar refractivity (Wildman–Crippen MR) is 82.9 cm³/mol. The van der Waals surface area contributed by atoms with Gasteiger partial charge in [-0.25, -0.2) is 4.79 Å². The Morgan fingerprint density at radius 1 is 0.826 bits per heavy atom. The second-order valence-electron chi connectivity index (χ2n) is 4.50. The van der Waals surface area contributed by atoms with Crippen LogP contribution in [-0.2, 0) is 9.47 Å². The van der Waals surface area contributed by atoms with Crippen molar-refractivity contribution in [1.82, 2.24) is 0 Å². The Bertz CT molecular complexity index is 600. The number of ether oxygens (including phenoxy) is 5. The Balaban J connectivity index is 2.16. The molecule has 0 aliphatic rings. The van der Waals surface area contributed by atoms with Gasteiger partial charge in [-0.05, 0) is 12.1 Å². The molecule has 6 nitrogen and oxygen atoms in total. The van der Waals surface area contributed by atoms with Crippen molar-refractivity contribution in [2.75, 3.05) is 27.8 Å². The van der Waals surface area contributed by atoms with Crippen molar-refractivity contribution in [3.05, 3.63) is 54.1 Å². The number of esters is 1. The zero-order chi connectivity index (χ0) is 16.5. The Hall–Kier alpha value is -2.57. The predicted octanol–water partition coefficient (Wildman–Crippen LogP) is 2.87. The number of benzene rings is 2. The zero-order valence-corrected chi connectivity index (χ0v) is 13.0. The normalized spacial score (nSPS) is 10.2. The van der Waals surface area contributed by atoms with Gasteiger partial charge in [-0.2, -0.15) is 0 Å². The first-order chi connectivity index (χ1) is 11.2. The van der Waals surface area contributed by atoms with Crippen LogP contribution in [0.1, 0.15) is 10.4 Å². The number of hydrogen-bond donors (Lipinski definition) is 0. The van der Waals surface area contributed by atoms with E-state index < -0.39 is 5.97 Å². The monoisotopic (exact) mass is 318 g/mol. The minimum absolute atomic E-state index is 0.0692. The van der Waals surface area contributed by atoms with E-state index in [4.69, 9.17) is 23.7 Å². The molecule has 0 aliphatic heterocycles. The first kappa shape index (κ1) is 16.8. The molecule has 23 heavy (non-hydrogen) atoms. The van der Waals surface area contributed by atoms with E-state index in [1.54, 1.807) is 42.5 Å². The molecule has 0 saturated carbocycles. The highest BCUT2D eigenvalue weighted by Gasteiger charge is 2.11. The topological polar surface area (TPSA) is 63.2 Å². The van der Waals surface area contributed by atoms with Gasteiger partial charge in [-0.3, -0.25) is 0 Å². The quantitative estimate of drug-likeness (QED) is 0.424. The molecule has 6 heteroatoms. The highest BCUT2D eigenvalue weighted by molar-refractivity contribution is 5.91. The van der Waals surface area contributed by atoms with Crippen LogP contribution >= 0.6 is 0 Å². The Labute approximate surface area is 134 Å². The molecule has 0 aromatic heterocycles. The molecule has 0 unspecified atom stereocenters. The summed E-state index contributed by atoms with van der Waals surface area (Å²) in [4.78, 5) is 12.1. The summed E-state index contributed by atoms with van der Waals surface area (Å²) in [7, 11) is 3.03. The van der Waals surface area contributed by atoms with Gasteiger partial charge in [0.2, 0.25) is 0 Å². The van der Waals surface area contributed by atoms with E-state index >= 15 is 0 Å². The maximum Gasteiger partial charge on any atom is 0.343 e. The van der Waals surface area contributed by atoms with Gasteiger partial charge in [0.15, 0.2) is 13.6 Å². The Morgan fingerprint density at radius 3 is 1.87 bits per heavy atom. The molecule has 0 radical (unpaired) electrons. The fourth-order valence-corrected chi connectivity index (χ4v) is 1.77. The third-order valence-electron chi connectivity index (χ3n) is 2.76. The van der Waals surface area contributed by atoms with Crippen LogP contribution in [-0.4, -0.2) is 33.8 Å². The average Bonchev–Trinajstić information content (AvgIpc) is 2.58. The van der Waals surface area contributed by atoms with E-state index in [0.717, 1.165) is 0 Å². The molecule has 2 rings (SSSR count). The smallest absolute Gasteiger partial charge is 0.343 e. The summed E-state index contributed by atoms with van der Waals surface area (Å²) in [6.45, 7) is 0.138. The van der Waals surface area contributed by atoms with Crippen LogP contribution in [0.3, 0.4) is 0 Å². The third kappa shape index (κ3) is 5.28. The van der Waals surface area contributed by atoms with E-state index in [9.17, 15) is 4.79 Å². The zero-order valence-electron chi connectivity index (χ0n) is 13.0. The van der Waals surface area contributed by atoms with Crippen LogP contribution in [0.4, 0.5) is 0 Å². The minimum Gasteiger partial charge on any atom is -0.467 e. The summed E-state index contributed by atoms with van der Waals surface area (Å²) in [6, 6.07) is 13.5. The van der Waals surface area contributed by atoms with E-state index in [0.29, 0.717) is 22.8 Å². The van der Waals surface area contributed by atoms with Crippen molar-refractivity contribution in [2.45, 2.75) is 0 Å². The van der Waals surface area contributed by atoms with Crippen LogP contribution in [0.15, 0.2) is 48.5 Å². The van der Waals surface area contributed by atoms with Gasteiger partial charge < -0.3 is 23.7 Å². The SMILES string of the molecule is COCOc1cc(OCOC)cc(OC(=O)c2ccccc2)c1. The average molecular weight is 318 g/mol. The van der Waals surface area contributed by atoms with Gasteiger partial charge in [0.05, 0.1) is 5.56 Å². The third-order valence-corrected chi connectivity index (χ3v) is 2.76. The fraction of sp³-hybridized carbons (Fsp3) is 0.235. The second kappa shape index (κ2) is 8.77. The second-order valence-corrected chi connectivity index (χ2v) is 4.50. The van der Waals surface area contributed by atoms with E-state index in [1.165, 1.54) is 14.2 Å². The molecule has 2 aromatic carbocycles. The van der Waals surface area contributed by atoms with Gasteiger partial charge in [0, 0.05) is 32.4 Å². The molecule has 0 spiro atoms. The molecule has 0 saturated heterocycles. The van der Waals surface area contributed by atoms with Gasteiger partial charge in [0.25, 0.3) is 0 Å². The van der Waals surface area contributed by atoms with Crippen molar-refractivity contribution in [2.24, 2.45) is 0 Å². The largest absolute Gasteiger partial charge is 0.467 e. The molecule has 122 valence electrons. The van der Waals surface area contributed by atoms with Crippen LogP contribution < -0.4 is 14.2 Å². The Morgan fingerprint density at radius 2 is 1.35 bits per heavy atom. The molecule has 0 aliphatic carbocycles. The lowest BCUT2D eigenvalue weighted by Crippen LogP contribution is -2.09. The lowest BCUT2D eigenvalue weighted by atomic mass is 10.2. The van der Waals surface area contributed by atoms with Crippen molar-refractivity contribution in [1.29, 1.82) is 0 Å². The molecule has 0 N–H and O–H groups in total. The molecule has 0 fully saturated rings. The summed E-state index contributed by atoms with van der Waals surface area (Å²) in [5.41, 5.74) is 0.454. The summed E-state index contributed by atoms with van der Waals surface area (Å²) in [5, 5.41) is 0. The van der Waals surface area contributed by atoms with Crippen molar-refractivity contribution < 1.29 is 28.5 Å². The fourth-order valence-electron chi connectivity index (χ4n) is 1.77. The maximum atomic E-state index is 12.1. The summed E-state index contributed by atoms with van der Waals surface area (Å²) in [5.74, 6) is 0.748. The molecule has 2 aromatic rings. The lowest BCUT2D eigenvalue weighted by molar-refractivity contribution is 0.0456. The summed E-state index contributed by atoms with van der Waals surface area (Å²) < 4.78 is 25.8. The number of carbonyl (C=O) groups excluding carboxylic acids is 1. The number of rotatable bonds is 8. The van der Waals surface area contributed by atoms with Crippen molar-refractivity contribution in [3.8, 4) is 17.2 Å². The standard InChI is InChI=1S/C17H18O6/c1-19-11-21-14-8-15(22-12-20-2)10-16(9-14)23-17(18)13-6-4-3-5-7-13/h3-10H,11-12H2,1-2H3. The number of methoxy groups -OCH3 is 2. The highest BCUT2D eigenvalue weighted by atomic mass is 16.7. The van der Waals surface area contributed by atoms with Gasteiger partial charge in [-0.1, -0.05) is 18.2 Å². The minimum atomic E-state index is -0.466. The molecule has 0 heterocycles. The van der Waals surface area contributed by atoms with Gasteiger partial charge in [-0.15, -0.1) is 0 Å². The van der Waals surface area contributed by atoms with E-state index in [-0.39, 0.29) is 13.6 Å². The number of carbonyl (C=O) groups is 1. The first-order valence-corrected chi connectivity index (χ1v) is 6.88. The lowest BCUT2D eigenvalue weighted by Gasteiger charge is -2.11. The first-order valence-electron chi connectivity index (χ1n) is 6.88. The van der Waals surface area contributed by atoms with Gasteiger partial charge >= 0.3 is 5.97 Å². The molecule has 0 amide bonds. The van der Waals surface area contributed by atoms with Crippen LogP contribution in [0.5, 0.6) is 17.2 Å².